The fourth-order valence-corrected chi connectivity index (χ4v) is 1.05. The fraction of sp³-hybridized carbons (Fsp3) is 0. The van der Waals surface area contributed by atoms with E-state index in [2.05, 4.69) is 0 Å². The SMILES string of the molecule is O=C/C(Cl)=C/c1cccc([N+](=O)[O-])c1. The summed E-state index contributed by atoms with van der Waals surface area (Å²) in [6.45, 7) is 0. The monoisotopic (exact) mass is 211 g/mol. The van der Waals surface area contributed by atoms with Gasteiger partial charge < -0.3 is 0 Å². The van der Waals surface area contributed by atoms with Gasteiger partial charge in [0.05, 0.1) is 9.96 Å². The highest BCUT2D eigenvalue weighted by molar-refractivity contribution is 6.40. The first-order chi connectivity index (χ1) is 6.63. The van der Waals surface area contributed by atoms with E-state index in [1.807, 2.05) is 0 Å². The molecule has 14 heavy (non-hydrogen) atoms. The summed E-state index contributed by atoms with van der Waals surface area (Å²) >= 11 is 5.45. The Morgan fingerprint density at radius 3 is 2.79 bits per heavy atom. The van der Waals surface area contributed by atoms with Gasteiger partial charge in [-0.15, -0.1) is 0 Å². The number of aldehydes is 1. The number of non-ortho nitro benzene ring substituents is 1. The van der Waals surface area contributed by atoms with Gasteiger partial charge in [-0.25, -0.2) is 0 Å². The summed E-state index contributed by atoms with van der Waals surface area (Å²) in [6, 6.07) is 5.86. The minimum Gasteiger partial charge on any atom is -0.297 e. The number of hydrogen-bond acceptors (Lipinski definition) is 3. The van der Waals surface area contributed by atoms with E-state index in [1.54, 1.807) is 6.07 Å². The van der Waals surface area contributed by atoms with Crippen LogP contribution in [0.15, 0.2) is 29.3 Å². The van der Waals surface area contributed by atoms with E-state index < -0.39 is 4.92 Å². The zero-order chi connectivity index (χ0) is 10.6. The molecule has 0 aliphatic rings. The van der Waals surface area contributed by atoms with Crippen molar-refractivity contribution in [2.45, 2.75) is 0 Å². The number of halogens is 1. The van der Waals surface area contributed by atoms with Gasteiger partial charge >= 0.3 is 0 Å². The molecular formula is C9H6ClNO3. The number of carbonyl (C=O) groups is 1. The van der Waals surface area contributed by atoms with Gasteiger partial charge in [0.25, 0.3) is 5.69 Å². The minimum absolute atomic E-state index is 0.00509. The maximum atomic E-state index is 10.4. The van der Waals surface area contributed by atoms with Gasteiger partial charge in [-0.2, -0.15) is 0 Å². The fourth-order valence-electron chi connectivity index (χ4n) is 0.921. The number of allylic oxidation sites excluding steroid dienone is 1. The second-order valence-electron chi connectivity index (χ2n) is 2.50. The van der Waals surface area contributed by atoms with E-state index in [4.69, 9.17) is 11.6 Å². The molecule has 0 aliphatic carbocycles. The van der Waals surface area contributed by atoms with Crippen molar-refractivity contribution in [1.29, 1.82) is 0 Å². The molecule has 5 heteroatoms. The molecule has 0 aromatic heterocycles. The average molecular weight is 212 g/mol. The molecule has 0 aliphatic heterocycles. The molecule has 0 saturated carbocycles. The summed E-state index contributed by atoms with van der Waals surface area (Å²) < 4.78 is 0. The molecule has 0 N–H and O–H groups in total. The molecule has 1 aromatic rings. The smallest absolute Gasteiger partial charge is 0.270 e. The third kappa shape index (κ3) is 2.67. The molecule has 1 aromatic carbocycles. The quantitative estimate of drug-likeness (QED) is 0.334. The Kier molecular flexibility index (Phi) is 3.36. The molecule has 0 amide bonds. The lowest BCUT2D eigenvalue weighted by Gasteiger charge is -1.93. The highest BCUT2D eigenvalue weighted by Gasteiger charge is 2.04. The van der Waals surface area contributed by atoms with Crippen molar-refractivity contribution in [3.8, 4) is 0 Å². The van der Waals surface area contributed by atoms with E-state index in [9.17, 15) is 14.9 Å². The van der Waals surface area contributed by atoms with E-state index in [0.29, 0.717) is 11.8 Å². The Morgan fingerprint density at radius 2 is 2.21 bits per heavy atom. The van der Waals surface area contributed by atoms with E-state index in [0.717, 1.165) is 0 Å². The lowest BCUT2D eigenvalue weighted by atomic mass is 10.2. The molecule has 0 unspecified atom stereocenters. The Balaban J connectivity index is 3.06. The largest absolute Gasteiger partial charge is 0.297 e. The number of carbonyl (C=O) groups excluding carboxylic acids is 1. The Hall–Kier alpha value is -1.68. The average Bonchev–Trinajstić information content (AvgIpc) is 2.18. The third-order valence-corrected chi connectivity index (χ3v) is 1.70. The highest BCUT2D eigenvalue weighted by atomic mass is 35.5. The summed E-state index contributed by atoms with van der Waals surface area (Å²) in [4.78, 5) is 20.1. The first-order valence-electron chi connectivity index (χ1n) is 3.70. The Bertz CT molecular complexity index is 401. The summed E-state index contributed by atoms with van der Waals surface area (Å²) in [5.74, 6) is 0. The third-order valence-electron chi connectivity index (χ3n) is 1.50. The number of nitro benzene ring substituents is 1. The summed E-state index contributed by atoms with van der Waals surface area (Å²) in [5, 5.41) is 10.4. The lowest BCUT2D eigenvalue weighted by molar-refractivity contribution is -0.384. The summed E-state index contributed by atoms with van der Waals surface area (Å²) in [7, 11) is 0. The maximum Gasteiger partial charge on any atom is 0.270 e. The molecule has 72 valence electrons. The van der Waals surface area contributed by atoms with Crippen molar-refractivity contribution >= 4 is 29.7 Å². The van der Waals surface area contributed by atoms with Crippen molar-refractivity contribution in [3.63, 3.8) is 0 Å². The number of hydrogen-bond donors (Lipinski definition) is 0. The predicted octanol–water partition coefficient (Wildman–Crippen LogP) is 2.37. The van der Waals surface area contributed by atoms with Gasteiger partial charge in [-0.05, 0) is 11.6 Å². The van der Waals surface area contributed by atoms with Crippen LogP contribution in [0, 0.1) is 10.1 Å². The summed E-state index contributed by atoms with van der Waals surface area (Å²) in [6.07, 6.45) is 1.84. The molecule has 0 radical (unpaired) electrons. The second-order valence-corrected chi connectivity index (χ2v) is 2.94. The predicted molar refractivity (Wildman–Crippen MR) is 53.0 cm³/mol. The number of rotatable bonds is 3. The molecular weight excluding hydrogens is 206 g/mol. The van der Waals surface area contributed by atoms with Gasteiger partial charge in [0.1, 0.15) is 0 Å². The highest BCUT2D eigenvalue weighted by Crippen LogP contribution is 2.15. The molecule has 1 rings (SSSR count). The van der Waals surface area contributed by atoms with E-state index >= 15 is 0 Å². The molecule has 0 fully saturated rings. The lowest BCUT2D eigenvalue weighted by Crippen LogP contribution is -1.87. The van der Waals surface area contributed by atoms with Crippen LogP contribution in [0.3, 0.4) is 0 Å². The van der Waals surface area contributed by atoms with Crippen molar-refractivity contribution < 1.29 is 9.72 Å². The van der Waals surface area contributed by atoms with Crippen LogP contribution in [0.4, 0.5) is 5.69 Å². The maximum absolute atomic E-state index is 10.4. The minimum atomic E-state index is -0.508. The zero-order valence-electron chi connectivity index (χ0n) is 7.01. The van der Waals surface area contributed by atoms with E-state index in [1.165, 1.54) is 24.3 Å². The van der Waals surface area contributed by atoms with Crippen LogP contribution in [-0.2, 0) is 4.79 Å². The zero-order valence-corrected chi connectivity index (χ0v) is 7.77. The summed E-state index contributed by atoms with van der Waals surface area (Å²) in [5.41, 5.74) is 0.491. The van der Waals surface area contributed by atoms with Crippen LogP contribution in [0.2, 0.25) is 0 Å². The topological polar surface area (TPSA) is 60.2 Å². The first kappa shape index (κ1) is 10.4. The van der Waals surface area contributed by atoms with Crippen LogP contribution >= 0.6 is 11.6 Å². The van der Waals surface area contributed by atoms with Gasteiger partial charge in [-0.3, -0.25) is 14.9 Å². The number of benzene rings is 1. The first-order valence-corrected chi connectivity index (χ1v) is 4.08. The Labute approximate surface area is 85.0 Å². The molecule has 4 nitrogen and oxygen atoms in total. The molecule has 0 heterocycles. The number of nitro groups is 1. The van der Waals surface area contributed by atoms with Crippen LogP contribution in [0.5, 0.6) is 0 Å². The van der Waals surface area contributed by atoms with Gasteiger partial charge in [0.2, 0.25) is 0 Å². The van der Waals surface area contributed by atoms with Crippen molar-refractivity contribution in [2.75, 3.05) is 0 Å². The molecule has 0 atom stereocenters. The normalized spacial score (nSPS) is 11.1. The van der Waals surface area contributed by atoms with E-state index in [-0.39, 0.29) is 10.7 Å². The van der Waals surface area contributed by atoms with Crippen LogP contribution in [-0.4, -0.2) is 11.2 Å². The molecule has 0 saturated heterocycles. The van der Waals surface area contributed by atoms with Crippen LogP contribution in [0.25, 0.3) is 6.08 Å². The van der Waals surface area contributed by atoms with Gasteiger partial charge in [0.15, 0.2) is 6.29 Å². The van der Waals surface area contributed by atoms with Crippen molar-refractivity contribution in [2.24, 2.45) is 0 Å². The van der Waals surface area contributed by atoms with Crippen LogP contribution < -0.4 is 0 Å². The molecule has 0 bridgehead atoms. The van der Waals surface area contributed by atoms with Crippen molar-refractivity contribution in [1.82, 2.24) is 0 Å². The second kappa shape index (κ2) is 4.53. The Morgan fingerprint density at radius 1 is 1.50 bits per heavy atom. The van der Waals surface area contributed by atoms with Crippen LogP contribution in [0.1, 0.15) is 5.56 Å². The van der Waals surface area contributed by atoms with Gasteiger partial charge in [0, 0.05) is 12.1 Å². The standard InChI is InChI=1S/C9H6ClNO3/c10-8(6-12)4-7-2-1-3-9(5-7)11(13)14/h1-6H/b8-4-. The van der Waals surface area contributed by atoms with Gasteiger partial charge in [-0.1, -0.05) is 23.7 Å². The van der Waals surface area contributed by atoms with Crippen molar-refractivity contribution in [3.05, 3.63) is 45.0 Å². The number of nitrogens with zero attached hydrogens (tertiary/aromatic N) is 1. The molecule has 0 spiro atoms.